The van der Waals surface area contributed by atoms with Gasteiger partial charge in [-0.2, -0.15) is 0 Å². The molecule has 1 fully saturated rings. The number of hydrogen-bond acceptors (Lipinski definition) is 5. The molecule has 27 heavy (non-hydrogen) atoms. The highest BCUT2D eigenvalue weighted by molar-refractivity contribution is 6.30. The van der Waals surface area contributed by atoms with Gasteiger partial charge in [-0.25, -0.2) is 9.97 Å². The molecule has 2 aromatic rings. The molecular weight excluding hydrogens is 364 g/mol. The number of carbonyl (C=O) groups is 2. The summed E-state index contributed by atoms with van der Waals surface area (Å²) >= 11 is 5.99. The van der Waals surface area contributed by atoms with Crippen LogP contribution >= 0.6 is 11.6 Å². The SMILES string of the molecule is Cc1nc(N2CCN(C=O)CC2)nc2c1C(=O)C[C@@H](c1ccc(Cl)cc1)C2. The van der Waals surface area contributed by atoms with Crippen LogP contribution in [0, 0.1) is 6.92 Å². The van der Waals surface area contributed by atoms with Gasteiger partial charge in [-0.05, 0) is 37.0 Å². The first-order valence-corrected chi connectivity index (χ1v) is 9.53. The number of nitrogens with zero attached hydrogens (tertiary/aromatic N) is 4. The lowest BCUT2D eigenvalue weighted by Gasteiger charge is -2.33. The molecule has 1 aromatic carbocycles. The summed E-state index contributed by atoms with van der Waals surface area (Å²) in [6.45, 7) is 4.61. The third kappa shape index (κ3) is 3.54. The molecule has 2 heterocycles. The first-order chi connectivity index (χ1) is 13.0. The molecule has 0 unspecified atom stereocenters. The Hall–Kier alpha value is -2.47. The highest BCUT2D eigenvalue weighted by Gasteiger charge is 2.31. The lowest BCUT2D eigenvalue weighted by molar-refractivity contribution is -0.118. The van der Waals surface area contributed by atoms with Gasteiger partial charge < -0.3 is 9.80 Å². The lowest BCUT2D eigenvalue weighted by atomic mass is 9.81. The normalized spacial score (nSPS) is 19.8. The van der Waals surface area contributed by atoms with E-state index >= 15 is 0 Å². The summed E-state index contributed by atoms with van der Waals surface area (Å²) in [5.74, 6) is 0.865. The summed E-state index contributed by atoms with van der Waals surface area (Å²) in [4.78, 5) is 36.9. The molecule has 0 bridgehead atoms. The fourth-order valence-electron chi connectivity index (χ4n) is 3.90. The van der Waals surface area contributed by atoms with Gasteiger partial charge in [-0.15, -0.1) is 0 Å². The number of anilines is 1. The zero-order valence-electron chi connectivity index (χ0n) is 15.2. The molecule has 0 N–H and O–H groups in total. The molecule has 7 heteroatoms. The van der Waals surface area contributed by atoms with Crippen molar-refractivity contribution in [2.45, 2.75) is 25.7 Å². The van der Waals surface area contributed by atoms with Gasteiger partial charge in [0.25, 0.3) is 0 Å². The Morgan fingerprint density at radius 2 is 1.78 bits per heavy atom. The van der Waals surface area contributed by atoms with Crippen molar-refractivity contribution in [2.75, 3.05) is 31.1 Å². The molecule has 1 aromatic heterocycles. The summed E-state index contributed by atoms with van der Waals surface area (Å²) in [5, 5.41) is 0.691. The van der Waals surface area contributed by atoms with Gasteiger partial charge in [0.1, 0.15) is 0 Å². The minimum atomic E-state index is 0.103. The molecule has 1 amide bonds. The fraction of sp³-hybridized carbons (Fsp3) is 0.400. The van der Waals surface area contributed by atoms with Crippen molar-refractivity contribution >= 4 is 29.7 Å². The monoisotopic (exact) mass is 384 g/mol. The molecule has 6 nitrogen and oxygen atoms in total. The summed E-state index contributed by atoms with van der Waals surface area (Å²) in [6, 6.07) is 7.69. The number of benzene rings is 1. The number of carbonyl (C=O) groups excluding carboxylic acids is 2. The number of amides is 1. The van der Waals surface area contributed by atoms with E-state index in [0.29, 0.717) is 55.6 Å². The van der Waals surface area contributed by atoms with Crippen molar-refractivity contribution < 1.29 is 9.59 Å². The maximum absolute atomic E-state index is 12.8. The van der Waals surface area contributed by atoms with Gasteiger partial charge in [0.15, 0.2) is 5.78 Å². The van der Waals surface area contributed by atoms with Crippen molar-refractivity contribution in [3.05, 3.63) is 51.8 Å². The maximum atomic E-state index is 12.8. The Balaban J connectivity index is 1.62. The third-order valence-corrected chi connectivity index (χ3v) is 5.64. The van der Waals surface area contributed by atoms with Crippen LogP contribution in [0.1, 0.15) is 39.6 Å². The van der Waals surface area contributed by atoms with E-state index in [0.717, 1.165) is 23.4 Å². The summed E-state index contributed by atoms with van der Waals surface area (Å²) in [5.41, 5.74) is 3.35. The fourth-order valence-corrected chi connectivity index (χ4v) is 4.02. The lowest BCUT2D eigenvalue weighted by Crippen LogP contribution is -2.46. The van der Waals surface area contributed by atoms with Crippen molar-refractivity contribution in [1.29, 1.82) is 0 Å². The average molecular weight is 385 g/mol. The van der Waals surface area contributed by atoms with Crippen LogP contribution in [0.15, 0.2) is 24.3 Å². The number of hydrogen-bond donors (Lipinski definition) is 0. The standard InChI is InChI=1S/C20H21ClN4O2/c1-13-19-17(23-20(22-13)25-8-6-24(12-26)7-9-25)10-15(11-18(19)27)14-2-4-16(21)5-3-14/h2-5,12,15H,6-11H2,1H3/t15-/m0/s1. The third-order valence-electron chi connectivity index (χ3n) is 5.39. The number of fused-ring (bicyclic) bond motifs is 1. The number of aromatic nitrogens is 2. The summed E-state index contributed by atoms with van der Waals surface area (Å²) < 4.78 is 0. The topological polar surface area (TPSA) is 66.4 Å². The van der Waals surface area contributed by atoms with E-state index in [-0.39, 0.29) is 11.7 Å². The maximum Gasteiger partial charge on any atom is 0.225 e. The number of halogens is 1. The average Bonchev–Trinajstić information content (AvgIpc) is 2.68. The Kier molecular flexibility index (Phi) is 4.83. The van der Waals surface area contributed by atoms with Crippen LogP contribution in [-0.4, -0.2) is 53.2 Å². The molecule has 1 aliphatic heterocycles. The Morgan fingerprint density at radius 3 is 2.44 bits per heavy atom. The van der Waals surface area contributed by atoms with Gasteiger partial charge in [0.05, 0.1) is 17.0 Å². The molecule has 0 radical (unpaired) electrons. The molecule has 0 spiro atoms. The van der Waals surface area contributed by atoms with Crippen LogP contribution in [0.25, 0.3) is 0 Å². The first kappa shape index (κ1) is 17.9. The number of ketones is 1. The van der Waals surface area contributed by atoms with Crippen LogP contribution in [0.3, 0.4) is 0 Å². The Labute approximate surface area is 163 Å². The van der Waals surface area contributed by atoms with Crippen LogP contribution in [0.4, 0.5) is 5.95 Å². The number of Topliss-reactive ketones (excluding diaryl/α,β-unsaturated/α-hetero) is 1. The van der Waals surface area contributed by atoms with Gasteiger partial charge in [-0.1, -0.05) is 23.7 Å². The van der Waals surface area contributed by atoms with Crippen molar-refractivity contribution in [3.8, 4) is 0 Å². The second-order valence-corrected chi connectivity index (χ2v) is 7.58. The zero-order valence-corrected chi connectivity index (χ0v) is 15.9. The molecule has 1 saturated heterocycles. The van der Waals surface area contributed by atoms with Crippen LogP contribution < -0.4 is 4.90 Å². The molecular formula is C20H21ClN4O2. The Bertz CT molecular complexity index is 876. The van der Waals surface area contributed by atoms with E-state index in [9.17, 15) is 9.59 Å². The minimum Gasteiger partial charge on any atom is -0.342 e. The van der Waals surface area contributed by atoms with E-state index < -0.39 is 0 Å². The van der Waals surface area contributed by atoms with Gasteiger partial charge in [-0.3, -0.25) is 9.59 Å². The predicted molar refractivity (Wildman–Crippen MR) is 103 cm³/mol. The molecule has 2 aliphatic rings. The molecule has 1 atom stereocenters. The van der Waals surface area contributed by atoms with Crippen molar-refractivity contribution in [2.24, 2.45) is 0 Å². The number of rotatable bonds is 3. The van der Waals surface area contributed by atoms with E-state index in [4.69, 9.17) is 16.6 Å². The van der Waals surface area contributed by atoms with E-state index in [1.165, 1.54) is 0 Å². The number of aryl methyl sites for hydroxylation is 1. The van der Waals surface area contributed by atoms with E-state index in [1.54, 1.807) is 4.90 Å². The van der Waals surface area contributed by atoms with E-state index in [2.05, 4.69) is 9.88 Å². The van der Waals surface area contributed by atoms with Gasteiger partial charge >= 0.3 is 0 Å². The highest BCUT2D eigenvalue weighted by Crippen LogP contribution is 2.34. The molecule has 1 aliphatic carbocycles. The largest absolute Gasteiger partial charge is 0.342 e. The van der Waals surface area contributed by atoms with Crippen LogP contribution in [0.5, 0.6) is 0 Å². The van der Waals surface area contributed by atoms with E-state index in [1.807, 2.05) is 31.2 Å². The predicted octanol–water partition coefficient (Wildman–Crippen LogP) is 2.63. The smallest absolute Gasteiger partial charge is 0.225 e. The molecule has 140 valence electrons. The second kappa shape index (κ2) is 7.27. The van der Waals surface area contributed by atoms with Crippen LogP contribution in [-0.2, 0) is 11.2 Å². The Morgan fingerprint density at radius 1 is 1.07 bits per heavy atom. The zero-order chi connectivity index (χ0) is 19.0. The van der Waals surface area contributed by atoms with Crippen LogP contribution in [0.2, 0.25) is 5.02 Å². The van der Waals surface area contributed by atoms with Crippen molar-refractivity contribution in [3.63, 3.8) is 0 Å². The second-order valence-electron chi connectivity index (χ2n) is 7.14. The highest BCUT2D eigenvalue weighted by atomic mass is 35.5. The molecule has 0 saturated carbocycles. The van der Waals surface area contributed by atoms with Gasteiger partial charge in [0, 0.05) is 37.6 Å². The van der Waals surface area contributed by atoms with Crippen molar-refractivity contribution in [1.82, 2.24) is 14.9 Å². The summed E-state index contributed by atoms with van der Waals surface area (Å²) in [6.07, 6.45) is 2.06. The summed E-state index contributed by atoms with van der Waals surface area (Å²) in [7, 11) is 0. The molecule has 4 rings (SSSR count). The minimum absolute atomic E-state index is 0.103. The number of piperazine rings is 1. The first-order valence-electron chi connectivity index (χ1n) is 9.15. The van der Waals surface area contributed by atoms with Gasteiger partial charge in [0.2, 0.25) is 12.4 Å². The quantitative estimate of drug-likeness (QED) is 0.761.